The van der Waals surface area contributed by atoms with Gasteiger partial charge in [0.15, 0.2) is 5.69 Å². The molecule has 9 nitrogen and oxygen atoms in total. The van der Waals surface area contributed by atoms with Gasteiger partial charge in [-0.15, -0.1) is 0 Å². The molecule has 0 radical (unpaired) electrons. The number of hydrogen-bond acceptors (Lipinski definition) is 7. The summed E-state index contributed by atoms with van der Waals surface area (Å²) in [7, 11) is 0. The number of anilines is 1. The van der Waals surface area contributed by atoms with Gasteiger partial charge in [-0.2, -0.15) is 0 Å². The molecule has 1 amide bonds. The van der Waals surface area contributed by atoms with E-state index in [0.29, 0.717) is 24.7 Å². The molecule has 1 fully saturated rings. The van der Waals surface area contributed by atoms with E-state index in [4.69, 9.17) is 4.52 Å². The summed E-state index contributed by atoms with van der Waals surface area (Å²) >= 11 is 0. The molecule has 0 spiro atoms. The zero-order chi connectivity index (χ0) is 17.8. The van der Waals surface area contributed by atoms with Crippen LogP contribution in [0.2, 0.25) is 0 Å². The Morgan fingerprint density at radius 1 is 1.32 bits per heavy atom. The molecule has 25 heavy (non-hydrogen) atoms. The molecule has 1 atom stereocenters. The Hall–Kier alpha value is -2.97. The van der Waals surface area contributed by atoms with Crippen LogP contribution >= 0.6 is 0 Å². The lowest BCUT2D eigenvalue weighted by atomic mass is 10.1. The van der Waals surface area contributed by atoms with Gasteiger partial charge in [0.2, 0.25) is 5.95 Å². The first-order valence-corrected chi connectivity index (χ1v) is 8.11. The first-order valence-electron chi connectivity index (χ1n) is 8.11. The van der Waals surface area contributed by atoms with Gasteiger partial charge in [-0.3, -0.25) is 4.79 Å². The minimum Gasteiger partial charge on any atom is -0.480 e. The van der Waals surface area contributed by atoms with Crippen LogP contribution < -0.4 is 4.90 Å². The number of carboxylic acid groups (broad SMARTS) is 1. The number of aromatic nitrogens is 3. The zero-order valence-corrected chi connectivity index (χ0v) is 13.8. The molecular weight excluding hydrogens is 326 g/mol. The fourth-order valence-corrected chi connectivity index (χ4v) is 2.80. The summed E-state index contributed by atoms with van der Waals surface area (Å²) in [6.07, 6.45) is 4.75. The number of aliphatic carboxylic acids is 1. The molecule has 2 aromatic rings. The predicted octanol–water partition coefficient (Wildman–Crippen LogP) is 0.833. The maximum Gasteiger partial charge on any atom is 0.328 e. The molecule has 1 aliphatic heterocycles. The number of carboxylic acids is 1. The van der Waals surface area contributed by atoms with Gasteiger partial charge >= 0.3 is 5.97 Å². The first kappa shape index (κ1) is 16.9. The van der Waals surface area contributed by atoms with Crippen molar-refractivity contribution in [2.45, 2.75) is 25.8 Å². The largest absolute Gasteiger partial charge is 0.480 e. The van der Waals surface area contributed by atoms with Crippen molar-refractivity contribution in [2.75, 3.05) is 24.5 Å². The second-order valence-corrected chi connectivity index (χ2v) is 5.78. The van der Waals surface area contributed by atoms with Crippen molar-refractivity contribution in [3.8, 4) is 0 Å². The molecule has 1 N–H and O–H groups in total. The Morgan fingerprint density at radius 2 is 2.08 bits per heavy atom. The summed E-state index contributed by atoms with van der Waals surface area (Å²) in [5, 5.41) is 13.3. The Morgan fingerprint density at radius 3 is 2.76 bits per heavy atom. The lowest BCUT2D eigenvalue weighted by Gasteiger charge is -2.38. The maximum atomic E-state index is 12.7. The van der Waals surface area contributed by atoms with Gasteiger partial charge in [0.05, 0.1) is 6.54 Å². The third kappa shape index (κ3) is 3.59. The van der Waals surface area contributed by atoms with Crippen molar-refractivity contribution in [3.63, 3.8) is 0 Å². The molecular formula is C16H19N5O4. The van der Waals surface area contributed by atoms with Crippen LogP contribution in [0.4, 0.5) is 5.95 Å². The van der Waals surface area contributed by atoms with Crippen molar-refractivity contribution in [2.24, 2.45) is 0 Å². The van der Waals surface area contributed by atoms with Crippen molar-refractivity contribution in [1.82, 2.24) is 20.0 Å². The van der Waals surface area contributed by atoms with Crippen LogP contribution in [0.3, 0.4) is 0 Å². The number of aryl methyl sites for hydroxylation is 1. The quantitative estimate of drug-likeness (QED) is 0.848. The molecule has 9 heteroatoms. The van der Waals surface area contributed by atoms with E-state index in [9.17, 15) is 14.7 Å². The highest BCUT2D eigenvalue weighted by Crippen LogP contribution is 2.18. The summed E-state index contributed by atoms with van der Waals surface area (Å²) < 4.78 is 5.13. The van der Waals surface area contributed by atoms with Gasteiger partial charge in [0, 0.05) is 38.0 Å². The summed E-state index contributed by atoms with van der Waals surface area (Å²) in [5.74, 6) is -0.444. The third-order valence-electron chi connectivity index (χ3n) is 4.04. The molecule has 0 bridgehead atoms. The van der Waals surface area contributed by atoms with E-state index in [1.54, 1.807) is 29.4 Å². The van der Waals surface area contributed by atoms with Crippen LogP contribution in [0, 0.1) is 0 Å². The molecule has 1 unspecified atom stereocenters. The molecule has 0 aromatic carbocycles. The highest BCUT2D eigenvalue weighted by Gasteiger charge is 2.37. The fourth-order valence-electron chi connectivity index (χ4n) is 2.80. The second kappa shape index (κ2) is 7.29. The Kier molecular flexibility index (Phi) is 4.92. The number of nitrogens with zero attached hydrogens (tertiary/aromatic N) is 5. The topological polar surface area (TPSA) is 113 Å². The van der Waals surface area contributed by atoms with Crippen molar-refractivity contribution in [3.05, 3.63) is 36.0 Å². The van der Waals surface area contributed by atoms with Crippen LogP contribution in [0.25, 0.3) is 0 Å². The van der Waals surface area contributed by atoms with Crippen LogP contribution in [-0.2, 0) is 11.2 Å². The summed E-state index contributed by atoms with van der Waals surface area (Å²) in [5.41, 5.74) is 0.138. The third-order valence-corrected chi connectivity index (χ3v) is 4.04. The lowest BCUT2D eigenvalue weighted by molar-refractivity contribution is -0.142. The molecule has 132 valence electrons. The van der Waals surface area contributed by atoms with E-state index in [2.05, 4.69) is 15.1 Å². The number of hydrogen-bond donors (Lipinski definition) is 1. The summed E-state index contributed by atoms with van der Waals surface area (Å²) in [4.78, 5) is 35.7. The lowest BCUT2D eigenvalue weighted by Crippen LogP contribution is -2.58. The minimum atomic E-state index is -1.08. The van der Waals surface area contributed by atoms with E-state index in [1.807, 2.05) is 6.92 Å². The number of carbonyl (C=O) groups excluding carboxylic acids is 1. The van der Waals surface area contributed by atoms with Crippen molar-refractivity contribution >= 4 is 17.8 Å². The van der Waals surface area contributed by atoms with E-state index in [0.717, 1.165) is 6.42 Å². The van der Waals surface area contributed by atoms with E-state index in [-0.39, 0.29) is 18.8 Å². The summed E-state index contributed by atoms with van der Waals surface area (Å²) in [6, 6.07) is 2.27. The molecule has 2 aromatic heterocycles. The van der Waals surface area contributed by atoms with Gasteiger partial charge in [-0.05, 0) is 12.5 Å². The Balaban J connectivity index is 1.77. The molecule has 3 heterocycles. The van der Waals surface area contributed by atoms with Crippen molar-refractivity contribution in [1.29, 1.82) is 0 Å². The predicted molar refractivity (Wildman–Crippen MR) is 87.2 cm³/mol. The minimum absolute atomic E-state index is 0.116. The highest BCUT2D eigenvalue weighted by atomic mass is 16.5. The van der Waals surface area contributed by atoms with E-state index < -0.39 is 17.9 Å². The average Bonchev–Trinajstić information content (AvgIpc) is 3.10. The smallest absolute Gasteiger partial charge is 0.328 e. The zero-order valence-electron chi connectivity index (χ0n) is 13.8. The van der Waals surface area contributed by atoms with Crippen molar-refractivity contribution < 1.29 is 19.2 Å². The monoisotopic (exact) mass is 345 g/mol. The summed E-state index contributed by atoms with van der Waals surface area (Å²) in [6.45, 7) is 2.79. The van der Waals surface area contributed by atoms with E-state index >= 15 is 0 Å². The molecule has 1 aliphatic rings. The SMILES string of the molecule is CCCc1cc(C(=O)N2CCN(c3ncccn3)CC2C(=O)O)no1. The van der Waals surface area contributed by atoms with Crippen LogP contribution in [0.1, 0.15) is 29.6 Å². The van der Waals surface area contributed by atoms with Gasteiger partial charge in [0.25, 0.3) is 5.91 Å². The van der Waals surface area contributed by atoms with Crippen LogP contribution in [0.5, 0.6) is 0 Å². The number of amides is 1. The van der Waals surface area contributed by atoms with Gasteiger partial charge in [-0.25, -0.2) is 14.8 Å². The number of piperazine rings is 1. The Labute approximate surface area is 144 Å². The van der Waals surface area contributed by atoms with Crippen LogP contribution in [0.15, 0.2) is 29.0 Å². The Bertz CT molecular complexity index is 748. The van der Waals surface area contributed by atoms with Gasteiger partial charge < -0.3 is 19.4 Å². The van der Waals surface area contributed by atoms with E-state index in [1.165, 1.54) is 4.90 Å². The number of rotatable bonds is 5. The highest BCUT2D eigenvalue weighted by molar-refractivity contribution is 5.95. The fraction of sp³-hybridized carbons (Fsp3) is 0.438. The van der Waals surface area contributed by atoms with Gasteiger partial charge in [0.1, 0.15) is 11.8 Å². The molecule has 0 saturated carbocycles. The standard InChI is InChI=1S/C16H19N5O4/c1-2-4-11-9-12(19-25-11)14(22)21-8-7-20(10-13(21)15(23)24)16-17-5-3-6-18-16/h3,5-6,9,13H,2,4,7-8,10H2,1H3,(H,23,24). The first-order chi connectivity index (χ1) is 12.1. The molecule has 0 aliphatic carbocycles. The normalized spacial score (nSPS) is 17.6. The molecule has 1 saturated heterocycles. The maximum absolute atomic E-state index is 12.7. The molecule has 3 rings (SSSR count). The second-order valence-electron chi connectivity index (χ2n) is 5.78. The number of carbonyl (C=O) groups is 2. The van der Waals surface area contributed by atoms with Gasteiger partial charge in [-0.1, -0.05) is 12.1 Å². The average molecular weight is 345 g/mol. The van der Waals surface area contributed by atoms with Crippen LogP contribution in [-0.4, -0.2) is 62.7 Å².